The van der Waals surface area contributed by atoms with Gasteiger partial charge in [-0.1, -0.05) is 60.7 Å². The van der Waals surface area contributed by atoms with Crippen molar-refractivity contribution in [1.29, 1.82) is 0 Å². The van der Waals surface area contributed by atoms with Crippen LogP contribution in [0, 0.1) is 0 Å². The molecule has 3 rings (SSSR count). The van der Waals surface area contributed by atoms with Gasteiger partial charge in [0.2, 0.25) is 15.9 Å². The smallest absolute Gasteiger partial charge is 0.238 e. The molecule has 2 aromatic rings. The van der Waals surface area contributed by atoms with E-state index < -0.39 is 16.1 Å². The van der Waals surface area contributed by atoms with E-state index in [4.69, 9.17) is 0 Å². The van der Waals surface area contributed by atoms with Crippen LogP contribution in [0.3, 0.4) is 0 Å². The van der Waals surface area contributed by atoms with E-state index in [0.717, 1.165) is 17.5 Å². The lowest BCUT2D eigenvalue weighted by molar-refractivity contribution is -0.124. The van der Waals surface area contributed by atoms with Crippen LogP contribution in [0.2, 0.25) is 0 Å². The van der Waals surface area contributed by atoms with E-state index in [9.17, 15) is 13.2 Å². The second kappa shape index (κ2) is 8.97. The summed E-state index contributed by atoms with van der Waals surface area (Å²) < 4.78 is 26.7. The van der Waals surface area contributed by atoms with Gasteiger partial charge in [-0.3, -0.25) is 4.79 Å². The molecule has 142 valence electrons. The number of nitrogens with one attached hydrogen (secondary N) is 1. The maximum atomic E-state index is 12.7. The number of sulfonamides is 1. The van der Waals surface area contributed by atoms with Gasteiger partial charge < -0.3 is 5.32 Å². The van der Waals surface area contributed by atoms with Gasteiger partial charge in [-0.15, -0.1) is 0 Å². The predicted molar refractivity (Wildman–Crippen MR) is 107 cm³/mol. The number of nitrogens with zero attached hydrogens (tertiary/aromatic N) is 1. The molecule has 0 spiro atoms. The lowest BCUT2D eigenvalue weighted by Gasteiger charge is -2.21. The Morgan fingerprint density at radius 3 is 2.44 bits per heavy atom. The minimum absolute atomic E-state index is 0.222. The van der Waals surface area contributed by atoms with Crippen molar-refractivity contribution in [2.24, 2.45) is 0 Å². The van der Waals surface area contributed by atoms with Crippen LogP contribution >= 0.6 is 0 Å². The summed E-state index contributed by atoms with van der Waals surface area (Å²) in [5, 5.41) is 4.07. The average molecular weight is 385 g/mol. The Morgan fingerprint density at radius 1 is 1.07 bits per heavy atom. The van der Waals surface area contributed by atoms with Crippen LogP contribution in [-0.2, 0) is 21.2 Å². The SMILES string of the molecule is O=C(NCCc1ccccc1)C1CCCN1S(=O)(=O)/C=C/c1ccccc1. The average Bonchev–Trinajstić information content (AvgIpc) is 3.19. The summed E-state index contributed by atoms with van der Waals surface area (Å²) in [6, 6.07) is 18.5. The summed E-state index contributed by atoms with van der Waals surface area (Å²) in [6.45, 7) is 0.866. The van der Waals surface area contributed by atoms with Crippen molar-refractivity contribution < 1.29 is 13.2 Å². The zero-order valence-corrected chi connectivity index (χ0v) is 15.9. The molecular weight excluding hydrogens is 360 g/mol. The van der Waals surface area contributed by atoms with Gasteiger partial charge in [0.15, 0.2) is 0 Å². The highest BCUT2D eigenvalue weighted by Gasteiger charge is 2.37. The van der Waals surface area contributed by atoms with Gasteiger partial charge >= 0.3 is 0 Å². The zero-order chi connectivity index (χ0) is 19.1. The van der Waals surface area contributed by atoms with Gasteiger partial charge in [0, 0.05) is 18.5 Å². The van der Waals surface area contributed by atoms with E-state index in [-0.39, 0.29) is 5.91 Å². The molecule has 1 heterocycles. The molecule has 1 fully saturated rings. The summed E-state index contributed by atoms with van der Waals surface area (Å²) in [5.41, 5.74) is 1.95. The van der Waals surface area contributed by atoms with Crippen molar-refractivity contribution in [1.82, 2.24) is 9.62 Å². The molecule has 5 nitrogen and oxygen atoms in total. The van der Waals surface area contributed by atoms with E-state index in [1.54, 1.807) is 6.08 Å². The van der Waals surface area contributed by atoms with Crippen molar-refractivity contribution in [3.05, 3.63) is 77.2 Å². The first-order valence-corrected chi connectivity index (χ1v) is 10.6. The summed E-state index contributed by atoms with van der Waals surface area (Å²) >= 11 is 0. The molecule has 1 N–H and O–H groups in total. The number of amides is 1. The number of benzene rings is 2. The fourth-order valence-corrected chi connectivity index (χ4v) is 4.63. The number of carbonyl (C=O) groups excluding carboxylic acids is 1. The number of carbonyl (C=O) groups is 1. The Hall–Kier alpha value is -2.44. The Kier molecular flexibility index (Phi) is 6.42. The first-order chi connectivity index (χ1) is 13.1. The van der Waals surface area contributed by atoms with Gasteiger partial charge in [-0.05, 0) is 36.5 Å². The quantitative estimate of drug-likeness (QED) is 0.798. The normalized spacial score (nSPS) is 18.0. The molecule has 1 unspecified atom stereocenters. The van der Waals surface area contributed by atoms with Crippen LogP contribution < -0.4 is 5.32 Å². The Bertz CT molecular complexity index is 880. The molecule has 0 aromatic heterocycles. The Balaban J connectivity index is 1.60. The van der Waals surface area contributed by atoms with Crippen LogP contribution in [0.4, 0.5) is 0 Å². The van der Waals surface area contributed by atoms with Crippen molar-refractivity contribution in [2.75, 3.05) is 13.1 Å². The molecule has 1 aliphatic rings. The second-order valence-electron chi connectivity index (χ2n) is 6.55. The minimum Gasteiger partial charge on any atom is -0.354 e. The van der Waals surface area contributed by atoms with E-state index in [2.05, 4.69) is 5.32 Å². The molecule has 1 aliphatic heterocycles. The lowest BCUT2D eigenvalue weighted by Crippen LogP contribution is -2.45. The maximum Gasteiger partial charge on any atom is 0.238 e. The fourth-order valence-electron chi connectivity index (χ4n) is 3.21. The van der Waals surface area contributed by atoms with Crippen molar-refractivity contribution in [2.45, 2.75) is 25.3 Å². The summed E-state index contributed by atoms with van der Waals surface area (Å²) in [7, 11) is -3.64. The maximum absolute atomic E-state index is 12.7. The van der Waals surface area contributed by atoms with Gasteiger partial charge in [0.25, 0.3) is 0 Å². The van der Waals surface area contributed by atoms with Crippen LogP contribution in [0.25, 0.3) is 6.08 Å². The van der Waals surface area contributed by atoms with E-state index >= 15 is 0 Å². The van der Waals surface area contributed by atoms with Crippen molar-refractivity contribution >= 4 is 22.0 Å². The molecule has 1 saturated heterocycles. The molecule has 1 amide bonds. The van der Waals surface area contributed by atoms with Crippen LogP contribution in [-0.4, -0.2) is 37.8 Å². The second-order valence-corrected chi connectivity index (χ2v) is 8.32. The van der Waals surface area contributed by atoms with E-state index in [1.165, 1.54) is 9.71 Å². The highest BCUT2D eigenvalue weighted by atomic mass is 32.2. The van der Waals surface area contributed by atoms with Gasteiger partial charge in [0.1, 0.15) is 6.04 Å². The summed E-state index contributed by atoms with van der Waals surface area (Å²) in [4.78, 5) is 12.5. The van der Waals surface area contributed by atoms with Gasteiger partial charge in [0.05, 0.1) is 0 Å². The standard InChI is InChI=1S/C21H24N2O3S/c24-21(22-15-13-18-8-3-1-4-9-18)20-12-7-16-23(20)27(25,26)17-14-19-10-5-2-6-11-19/h1-6,8-11,14,17,20H,7,12-13,15-16H2,(H,22,24)/b17-14+. The number of hydrogen-bond acceptors (Lipinski definition) is 3. The van der Waals surface area contributed by atoms with E-state index in [1.807, 2.05) is 60.7 Å². The monoisotopic (exact) mass is 384 g/mol. The van der Waals surface area contributed by atoms with Crippen LogP contribution in [0.5, 0.6) is 0 Å². The first-order valence-electron chi connectivity index (χ1n) is 9.13. The van der Waals surface area contributed by atoms with E-state index in [0.29, 0.717) is 25.9 Å². The van der Waals surface area contributed by atoms with Crippen molar-refractivity contribution in [3.8, 4) is 0 Å². The summed E-state index contributed by atoms with van der Waals surface area (Å²) in [5.74, 6) is -0.222. The molecule has 1 atom stereocenters. The number of hydrogen-bond donors (Lipinski definition) is 1. The molecule has 0 aliphatic carbocycles. The molecule has 0 bridgehead atoms. The van der Waals surface area contributed by atoms with Gasteiger partial charge in [-0.25, -0.2) is 8.42 Å². The molecule has 27 heavy (non-hydrogen) atoms. The molecule has 0 saturated carbocycles. The Labute approximate surface area is 160 Å². The third kappa shape index (κ3) is 5.28. The predicted octanol–water partition coefficient (Wildman–Crippen LogP) is 2.81. The van der Waals surface area contributed by atoms with Gasteiger partial charge in [-0.2, -0.15) is 4.31 Å². The largest absolute Gasteiger partial charge is 0.354 e. The third-order valence-electron chi connectivity index (χ3n) is 4.62. The molecule has 2 aromatic carbocycles. The lowest BCUT2D eigenvalue weighted by atomic mass is 10.1. The third-order valence-corrected chi connectivity index (χ3v) is 6.19. The highest BCUT2D eigenvalue weighted by Crippen LogP contribution is 2.22. The highest BCUT2D eigenvalue weighted by molar-refractivity contribution is 7.92. The fraction of sp³-hybridized carbons (Fsp3) is 0.286. The van der Waals surface area contributed by atoms with Crippen LogP contribution in [0.1, 0.15) is 24.0 Å². The zero-order valence-electron chi connectivity index (χ0n) is 15.1. The molecule has 0 radical (unpaired) electrons. The minimum atomic E-state index is -3.64. The summed E-state index contributed by atoms with van der Waals surface area (Å²) in [6.07, 6.45) is 3.53. The van der Waals surface area contributed by atoms with Crippen molar-refractivity contribution in [3.63, 3.8) is 0 Å². The first kappa shape index (κ1) is 19.3. The Morgan fingerprint density at radius 2 is 1.74 bits per heavy atom. The molecular formula is C21H24N2O3S. The van der Waals surface area contributed by atoms with Crippen LogP contribution in [0.15, 0.2) is 66.1 Å². The molecule has 6 heteroatoms. The number of rotatable bonds is 7. The topological polar surface area (TPSA) is 66.5 Å².